The number of rotatable bonds is 1. The largest absolute Gasteiger partial charge is 0.234 e. The molecule has 5 heteroatoms. The normalized spacial score (nSPS) is 11.2. The molecule has 19 heavy (non-hydrogen) atoms. The first-order valence-corrected chi connectivity index (χ1v) is 5.84. The van der Waals surface area contributed by atoms with Crippen molar-refractivity contribution in [3.05, 3.63) is 53.4 Å². The molecule has 2 aromatic heterocycles. The highest BCUT2D eigenvalue weighted by Crippen LogP contribution is 2.26. The number of benzene rings is 1. The van der Waals surface area contributed by atoms with Crippen molar-refractivity contribution in [1.82, 2.24) is 14.6 Å². The lowest BCUT2D eigenvalue weighted by Gasteiger charge is -2.11. The van der Waals surface area contributed by atoms with Gasteiger partial charge in [0.2, 0.25) is 0 Å². The molecular formula is C14H11F2N3. The number of fused-ring (bicyclic) bond motifs is 1. The van der Waals surface area contributed by atoms with Crippen LogP contribution in [0.4, 0.5) is 8.78 Å². The van der Waals surface area contributed by atoms with Crippen molar-refractivity contribution < 1.29 is 8.78 Å². The van der Waals surface area contributed by atoms with E-state index in [1.807, 2.05) is 13.8 Å². The predicted molar refractivity (Wildman–Crippen MR) is 67.8 cm³/mol. The van der Waals surface area contributed by atoms with Gasteiger partial charge in [-0.3, -0.25) is 0 Å². The van der Waals surface area contributed by atoms with Crippen LogP contribution in [0.3, 0.4) is 0 Å². The molecule has 96 valence electrons. The minimum atomic E-state index is -0.869. The highest BCUT2D eigenvalue weighted by Gasteiger charge is 2.13. The van der Waals surface area contributed by atoms with E-state index in [4.69, 9.17) is 0 Å². The second kappa shape index (κ2) is 4.12. The van der Waals surface area contributed by atoms with Crippen LogP contribution < -0.4 is 0 Å². The van der Waals surface area contributed by atoms with E-state index in [0.29, 0.717) is 11.2 Å². The molecule has 2 heterocycles. The molecule has 0 aliphatic rings. The summed E-state index contributed by atoms with van der Waals surface area (Å²) in [6.07, 6.45) is 1.63. The summed E-state index contributed by atoms with van der Waals surface area (Å²) in [6.45, 7) is 3.77. The second-order valence-electron chi connectivity index (χ2n) is 4.40. The molecule has 0 atom stereocenters. The highest BCUT2D eigenvalue weighted by atomic mass is 19.2. The average Bonchev–Trinajstić information content (AvgIpc) is 2.82. The summed E-state index contributed by atoms with van der Waals surface area (Å²) in [5, 5.41) is 4.19. The highest BCUT2D eigenvalue weighted by molar-refractivity contribution is 5.67. The van der Waals surface area contributed by atoms with E-state index in [-0.39, 0.29) is 0 Å². The van der Waals surface area contributed by atoms with Gasteiger partial charge >= 0.3 is 0 Å². The molecule has 0 saturated heterocycles. The predicted octanol–water partition coefficient (Wildman–Crippen LogP) is 3.29. The molecule has 0 amide bonds. The quantitative estimate of drug-likeness (QED) is 0.671. The number of halogens is 2. The smallest absolute Gasteiger partial charge is 0.159 e. The molecule has 0 saturated carbocycles. The molecule has 0 spiro atoms. The van der Waals surface area contributed by atoms with Crippen LogP contribution in [-0.4, -0.2) is 14.6 Å². The average molecular weight is 259 g/mol. The van der Waals surface area contributed by atoms with Gasteiger partial charge in [-0.15, -0.1) is 0 Å². The molecule has 3 nitrogen and oxygen atoms in total. The molecular weight excluding hydrogens is 248 g/mol. The molecule has 0 radical (unpaired) electrons. The Kier molecular flexibility index (Phi) is 2.55. The van der Waals surface area contributed by atoms with Crippen LogP contribution in [0.5, 0.6) is 0 Å². The molecule has 0 bridgehead atoms. The molecule has 3 aromatic rings. The third kappa shape index (κ3) is 1.78. The lowest BCUT2D eigenvalue weighted by Crippen LogP contribution is -2.02. The standard InChI is InChI=1S/C14H11F2N3/c1-8-9(2)18-13-5-6-17-19(13)14(8)10-3-4-11(15)12(16)7-10/h3-7H,1-2H3. The summed E-state index contributed by atoms with van der Waals surface area (Å²) in [5.41, 5.74) is 3.72. The Morgan fingerprint density at radius 1 is 1.05 bits per heavy atom. The van der Waals surface area contributed by atoms with Crippen LogP contribution >= 0.6 is 0 Å². The van der Waals surface area contributed by atoms with Gasteiger partial charge in [0.05, 0.1) is 11.9 Å². The Bertz CT molecular complexity index is 778. The van der Waals surface area contributed by atoms with E-state index in [1.54, 1.807) is 22.8 Å². The fourth-order valence-corrected chi connectivity index (χ4v) is 2.12. The van der Waals surface area contributed by atoms with E-state index in [1.165, 1.54) is 6.07 Å². The van der Waals surface area contributed by atoms with Gasteiger partial charge < -0.3 is 0 Å². The first kappa shape index (κ1) is 11.8. The van der Waals surface area contributed by atoms with Gasteiger partial charge in [-0.25, -0.2) is 18.3 Å². The van der Waals surface area contributed by atoms with Crippen molar-refractivity contribution in [2.45, 2.75) is 13.8 Å². The Morgan fingerprint density at radius 2 is 1.84 bits per heavy atom. The van der Waals surface area contributed by atoms with Gasteiger partial charge in [-0.2, -0.15) is 5.10 Å². The number of aryl methyl sites for hydroxylation is 1. The maximum absolute atomic E-state index is 13.4. The van der Waals surface area contributed by atoms with Gasteiger partial charge in [0, 0.05) is 17.3 Å². The summed E-state index contributed by atoms with van der Waals surface area (Å²) < 4.78 is 28.1. The monoisotopic (exact) mass is 259 g/mol. The zero-order valence-electron chi connectivity index (χ0n) is 10.5. The number of hydrogen-bond donors (Lipinski definition) is 0. The van der Waals surface area contributed by atoms with Crippen LogP contribution in [0.25, 0.3) is 16.9 Å². The maximum atomic E-state index is 13.4. The first-order valence-electron chi connectivity index (χ1n) is 5.84. The van der Waals surface area contributed by atoms with E-state index in [9.17, 15) is 8.78 Å². The summed E-state index contributed by atoms with van der Waals surface area (Å²) in [6, 6.07) is 5.62. The van der Waals surface area contributed by atoms with E-state index >= 15 is 0 Å². The van der Waals surface area contributed by atoms with Crippen molar-refractivity contribution in [3.63, 3.8) is 0 Å². The topological polar surface area (TPSA) is 30.2 Å². The second-order valence-corrected chi connectivity index (χ2v) is 4.40. The third-order valence-electron chi connectivity index (χ3n) is 3.21. The minimum absolute atomic E-state index is 0.579. The SMILES string of the molecule is Cc1nc2ccnn2c(-c2ccc(F)c(F)c2)c1C. The third-order valence-corrected chi connectivity index (χ3v) is 3.21. The van der Waals surface area contributed by atoms with E-state index < -0.39 is 11.6 Å². The Labute approximate surface area is 108 Å². The summed E-state index contributed by atoms with van der Waals surface area (Å²) in [4.78, 5) is 4.39. The van der Waals surface area contributed by atoms with Gasteiger partial charge in [-0.1, -0.05) is 0 Å². The number of nitrogens with zero attached hydrogens (tertiary/aromatic N) is 3. The molecule has 0 unspecified atom stereocenters. The summed E-state index contributed by atoms with van der Waals surface area (Å²) >= 11 is 0. The van der Waals surface area contributed by atoms with E-state index in [2.05, 4.69) is 10.1 Å². The lowest BCUT2D eigenvalue weighted by molar-refractivity contribution is 0.509. The van der Waals surface area contributed by atoms with Crippen LogP contribution in [0.1, 0.15) is 11.3 Å². The number of aromatic nitrogens is 3. The van der Waals surface area contributed by atoms with Gasteiger partial charge in [0.15, 0.2) is 17.3 Å². The summed E-state index contributed by atoms with van der Waals surface area (Å²) in [7, 11) is 0. The zero-order valence-corrected chi connectivity index (χ0v) is 10.5. The fraction of sp³-hybridized carbons (Fsp3) is 0.143. The molecule has 3 rings (SSSR count). The van der Waals surface area contributed by atoms with Crippen LogP contribution in [0.2, 0.25) is 0 Å². The Morgan fingerprint density at radius 3 is 2.58 bits per heavy atom. The number of hydrogen-bond acceptors (Lipinski definition) is 2. The Balaban J connectivity index is 2.37. The molecule has 0 N–H and O–H groups in total. The molecule has 0 aliphatic heterocycles. The van der Waals surface area contributed by atoms with Crippen molar-refractivity contribution in [3.8, 4) is 11.3 Å². The fourth-order valence-electron chi connectivity index (χ4n) is 2.12. The van der Waals surface area contributed by atoms with Crippen LogP contribution in [0.15, 0.2) is 30.5 Å². The minimum Gasteiger partial charge on any atom is -0.234 e. The van der Waals surface area contributed by atoms with E-state index in [0.717, 1.165) is 23.0 Å². The van der Waals surface area contributed by atoms with Crippen molar-refractivity contribution >= 4 is 5.65 Å². The molecule has 0 fully saturated rings. The Hall–Kier alpha value is -2.30. The first-order chi connectivity index (χ1) is 9.08. The maximum Gasteiger partial charge on any atom is 0.159 e. The van der Waals surface area contributed by atoms with Crippen molar-refractivity contribution in [2.75, 3.05) is 0 Å². The van der Waals surface area contributed by atoms with Crippen molar-refractivity contribution in [2.24, 2.45) is 0 Å². The molecule has 1 aromatic carbocycles. The lowest BCUT2D eigenvalue weighted by atomic mass is 10.1. The zero-order chi connectivity index (χ0) is 13.6. The van der Waals surface area contributed by atoms with Crippen LogP contribution in [-0.2, 0) is 0 Å². The van der Waals surface area contributed by atoms with Crippen molar-refractivity contribution in [1.29, 1.82) is 0 Å². The van der Waals surface area contributed by atoms with Gasteiger partial charge in [0.25, 0.3) is 0 Å². The molecule has 0 aliphatic carbocycles. The van der Waals surface area contributed by atoms with Gasteiger partial charge in [0.1, 0.15) is 0 Å². The van der Waals surface area contributed by atoms with Gasteiger partial charge in [-0.05, 0) is 37.6 Å². The summed E-state index contributed by atoms with van der Waals surface area (Å²) in [5.74, 6) is -1.73. The van der Waals surface area contributed by atoms with Crippen LogP contribution in [0, 0.1) is 25.5 Å².